The summed E-state index contributed by atoms with van der Waals surface area (Å²) < 4.78 is 18.2. The molecule has 6 nitrogen and oxygen atoms in total. The van der Waals surface area contributed by atoms with E-state index in [0.717, 1.165) is 19.1 Å². The average Bonchev–Trinajstić information content (AvgIpc) is 2.48. The number of halogens is 2. The Morgan fingerprint density at radius 3 is 2.62 bits per heavy atom. The molecule has 0 amide bonds. The summed E-state index contributed by atoms with van der Waals surface area (Å²) in [7, 11) is 0. The van der Waals surface area contributed by atoms with Crippen molar-refractivity contribution in [3.8, 4) is 11.5 Å². The van der Waals surface area contributed by atoms with E-state index < -0.39 is 17.8 Å². The molecule has 0 spiro atoms. The van der Waals surface area contributed by atoms with Crippen LogP contribution in [0, 0.1) is 5.82 Å². The van der Waals surface area contributed by atoms with Gasteiger partial charge in [0.1, 0.15) is 22.9 Å². The maximum atomic E-state index is 13.3. The van der Waals surface area contributed by atoms with Crippen molar-refractivity contribution in [3.63, 3.8) is 0 Å². The molecule has 2 aromatic carbocycles. The van der Waals surface area contributed by atoms with Crippen molar-refractivity contribution >= 4 is 29.2 Å². The highest BCUT2D eigenvalue weighted by Crippen LogP contribution is 2.30. The first-order valence-electron chi connectivity index (χ1n) is 6.74. The van der Waals surface area contributed by atoms with E-state index in [0.29, 0.717) is 5.69 Å². The summed E-state index contributed by atoms with van der Waals surface area (Å²) in [6.45, 7) is 1.17. The summed E-state index contributed by atoms with van der Waals surface area (Å²) >= 11 is 5.70. The molecule has 8 heteroatoms. The van der Waals surface area contributed by atoms with Crippen LogP contribution in [0.2, 0.25) is 5.02 Å². The summed E-state index contributed by atoms with van der Waals surface area (Å²) in [5.41, 5.74) is 0.458. The lowest BCUT2D eigenvalue weighted by Crippen LogP contribution is -2.08. The predicted molar refractivity (Wildman–Crippen MR) is 85.1 cm³/mol. The van der Waals surface area contributed by atoms with Crippen LogP contribution in [-0.2, 0) is 11.3 Å². The highest BCUT2D eigenvalue weighted by Gasteiger charge is 2.14. The molecular weight excluding hydrogens is 341 g/mol. The Balaban J connectivity index is 2.24. The van der Waals surface area contributed by atoms with E-state index in [4.69, 9.17) is 21.4 Å². The molecule has 0 aliphatic carbocycles. The van der Waals surface area contributed by atoms with Gasteiger partial charge >= 0.3 is 11.9 Å². The monoisotopic (exact) mass is 353 g/mol. The largest absolute Gasteiger partial charge is 0.506 e. The van der Waals surface area contributed by atoms with Crippen molar-refractivity contribution in [1.29, 1.82) is 0 Å². The third kappa shape index (κ3) is 4.14. The molecular formula is C16H13ClFNO5. The average molecular weight is 354 g/mol. The predicted octanol–water partition coefficient (Wildman–Crippen LogP) is 3.42. The molecule has 0 saturated carbocycles. The second kappa shape index (κ2) is 7.18. The Bertz CT molecular complexity index is 809. The van der Waals surface area contributed by atoms with Crippen molar-refractivity contribution in [2.75, 3.05) is 5.32 Å². The van der Waals surface area contributed by atoms with Crippen LogP contribution in [0.1, 0.15) is 22.8 Å². The minimum Gasteiger partial charge on any atom is -0.506 e. The minimum atomic E-state index is -1.24. The molecule has 2 rings (SSSR count). The topological polar surface area (TPSA) is 95.9 Å². The van der Waals surface area contributed by atoms with Gasteiger partial charge in [-0.25, -0.2) is 9.18 Å². The van der Waals surface area contributed by atoms with Crippen molar-refractivity contribution in [2.24, 2.45) is 0 Å². The van der Waals surface area contributed by atoms with Gasteiger partial charge in [0.15, 0.2) is 0 Å². The smallest absolute Gasteiger partial charge is 0.339 e. The quantitative estimate of drug-likeness (QED) is 0.563. The second-order valence-electron chi connectivity index (χ2n) is 4.86. The lowest BCUT2D eigenvalue weighted by atomic mass is 10.1. The number of aromatic hydroxyl groups is 1. The Morgan fingerprint density at radius 2 is 2.00 bits per heavy atom. The number of hydrogen-bond donors (Lipinski definition) is 3. The Labute approximate surface area is 141 Å². The van der Waals surface area contributed by atoms with E-state index in [9.17, 15) is 19.1 Å². The van der Waals surface area contributed by atoms with Gasteiger partial charge in [-0.15, -0.1) is 0 Å². The molecule has 3 N–H and O–H groups in total. The van der Waals surface area contributed by atoms with E-state index in [-0.39, 0.29) is 34.2 Å². The number of hydrogen-bond acceptors (Lipinski definition) is 5. The Kier molecular flexibility index (Phi) is 5.25. The number of nitrogens with one attached hydrogen (secondary N) is 1. The van der Waals surface area contributed by atoms with E-state index >= 15 is 0 Å². The number of aromatic carboxylic acids is 1. The number of ether oxygens (including phenoxy) is 1. The summed E-state index contributed by atoms with van der Waals surface area (Å²) in [6, 6.07) is 6.15. The van der Waals surface area contributed by atoms with E-state index in [1.54, 1.807) is 0 Å². The van der Waals surface area contributed by atoms with Gasteiger partial charge in [0.25, 0.3) is 0 Å². The molecule has 0 aliphatic rings. The lowest BCUT2D eigenvalue weighted by molar-refractivity contribution is -0.131. The first-order chi connectivity index (χ1) is 11.3. The van der Waals surface area contributed by atoms with E-state index in [1.165, 1.54) is 18.2 Å². The molecule has 2 aromatic rings. The van der Waals surface area contributed by atoms with Crippen molar-refractivity contribution in [1.82, 2.24) is 0 Å². The number of carboxylic acids is 1. The summed E-state index contributed by atoms with van der Waals surface area (Å²) in [5, 5.41) is 21.6. The standard InChI is InChI=1S/C16H13ClFNO5/c1-8(20)24-14-6-11(2-3-12(14)16(22)23)19-7-9-4-10(18)5-13(17)15(9)21/h2-6,19,21H,7H2,1H3,(H,22,23). The SMILES string of the molecule is CC(=O)Oc1cc(NCc2cc(F)cc(Cl)c2O)ccc1C(=O)O. The van der Waals surface area contributed by atoms with Gasteiger partial charge in [0, 0.05) is 30.8 Å². The first kappa shape index (κ1) is 17.6. The molecule has 0 aliphatic heterocycles. The van der Waals surface area contributed by atoms with Gasteiger partial charge in [-0.2, -0.15) is 0 Å². The van der Waals surface area contributed by atoms with E-state index in [1.807, 2.05) is 0 Å². The number of carbonyl (C=O) groups excluding carboxylic acids is 1. The van der Waals surface area contributed by atoms with Gasteiger partial charge in [0.2, 0.25) is 0 Å². The summed E-state index contributed by atoms with van der Waals surface area (Å²) in [6.07, 6.45) is 0. The molecule has 0 aromatic heterocycles. The summed E-state index contributed by atoms with van der Waals surface area (Å²) in [5.74, 6) is -2.89. The van der Waals surface area contributed by atoms with Crippen LogP contribution in [0.25, 0.3) is 0 Å². The molecule has 0 unspecified atom stereocenters. The summed E-state index contributed by atoms with van der Waals surface area (Å²) in [4.78, 5) is 22.2. The van der Waals surface area contributed by atoms with Crippen molar-refractivity contribution < 1.29 is 28.9 Å². The maximum Gasteiger partial charge on any atom is 0.339 e. The van der Waals surface area contributed by atoms with Crippen LogP contribution in [0.15, 0.2) is 30.3 Å². The number of carbonyl (C=O) groups is 2. The van der Waals surface area contributed by atoms with Gasteiger partial charge in [-0.3, -0.25) is 4.79 Å². The molecule has 0 fully saturated rings. The Hall–Kier alpha value is -2.80. The molecule has 126 valence electrons. The number of anilines is 1. The van der Waals surface area contributed by atoms with Crippen LogP contribution < -0.4 is 10.1 Å². The highest BCUT2D eigenvalue weighted by atomic mass is 35.5. The second-order valence-corrected chi connectivity index (χ2v) is 5.27. The number of phenolic OH excluding ortho intramolecular Hbond substituents is 1. The normalized spacial score (nSPS) is 10.3. The van der Waals surface area contributed by atoms with Gasteiger partial charge < -0.3 is 20.3 Å². The molecule has 0 radical (unpaired) electrons. The van der Waals surface area contributed by atoms with Gasteiger partial charge in [0.05, 0.1) is 5.02 Å². The molecule has 0 heterocycles. The van der Waals surface area contributed by atoms with Gasteiger partial charge in [-0.1, -0.05) is 11.6 Å². The number of phenols is 1. The minimum absolute atomic E-state index is 0.0231. The molecule has 0 saturated heterocycles. The first-order valence-corrected chi connectivity index (χ1v) is 7.12. The van der Waals surface area contributed by atoms with E-state index in [2.05, 4.69) is 5.32 Å². The lowest BCUT2D eigenvalue weighted by Gasteiger charge is -2.12. The number of carboxylic acid groups (broad SMARTS) is 1. The van der Waals surface area contributed by atoms with Crippen LogP contribution >= 0.6 is 11.6 Å². The van der Waals surface area contributed by atoms with Crippen molar-refractivity contribution in [2.45, 2.75) is 13.5 Å². The number of rotatable bonds is 5. The fourth-order valence-corrected chi connectivity index (χ4v) is 2.23. The van der Waals surface area contributed by atoms with Crippen LogP contribution in [0.5, 0.6) is 11.5 Å². The third-order valence-electron chi connectivity index (χ3n) is 3.06. The third-order valence-corrected chi connectivity index (χ3v) is 3.34. The number of benzene rings is 2. The zero-order valence-electron chi connectivity index (χ0n) is 12.5. The molecule has 0 bridgehead atoms. The number of esters is 1. The molecule has 0 atom stereocenters. The van der Waals surface area contributed by atoms with Gasteiger partial charge in [-0.05, 0) is 24.3 Å². The zero-order valence-corrected chi connectivity index (χ0v) is 13.2. The Morgan fingerprint density at radius 1 is 1.29 bits per heavy atom. The van der Waals surface area contributed by atoms with Crippen LogP contribution in [0.4, 0.5) is 10.1 Å². The van der Waals surface area contributed by atoms with Crippen LogP contribution in [0.3, 0.4) is 0 Å². The fraction of sp³-hybridized carbons (Fsp3) is 0.125. The molecule has 24 heavy (non-hydrogen) atoms. The zero-order chi connectivity index (χ0) is 17.9. The maximum absolute atomic E-state index is 13.3. The highest BCUT2D eigenvalue weighted by molar-refractivity contribution is 6.32. The van der Waals surface area contributed by atoms with Crippen LogP contribution in [-0.4, -0.2) is 22.2 Å². The van der Waals surface area contributed by atoms with Crippen molar-refractivity contribution in [3.05, 3.63) is 52.3 Å². The fourth-order valence-electron chi connectivity index (χ4n) is 2.00.